The van der Waals surface area contributed by atoms with Crippen molar-refractivity contribution in [2.45, 2.75) is 0 Å². The molecule has 0 bridgehead atoms. The third-order valence-electron chi connectivity index (χ3n) is 4.40. The monoisotopic (exact) mass is 419 g/mol. The highest BCUT2D eigenvalue weighted by molar-refractivity contribution is 6.14. The molecular formula is C24H21NO6. The minimum absolute atomic E-state index is 0.184. The number of carbonyl (C=O) groups excluding carboxylic acids is 3. The lowest BCUT2D eigenvalue weighted by Gasteiger charge is -2.11. The maximum atomic E-state index is 12.8. The van der Waals surface area contributed by atoms with Gasteiger partial charge in [-0.15, -0.1) is 0 Å². The molecule has 0 spiro atoms. The summed E-state index contributed by atoms with van der Waals surface area (Å²) in [6.45, 7) is -0.522. The van der Waals surface area contributed by atoms with Crippen LogP contribution in [0.1, 0.15) is 26.3 Å². The van der Waals surface area contributed by atoms with Crippen molar-refractivity contribution in [3.8, 4) is 11.5 Å². The molecule has 0 atom stereocenters. The van der Waals surface area contributed by atoms with Crippen molar-refractivity contribution in [1.29, 1.82) is 0 Å². The van der Waals surface area contributed by atoms with Gasteiger partial charge in [0.1, 0.15) is 11.5 Å². The van der Waals surface area contributed by atoms with Crippen molar-refractivity contribution in [2.75, 3.05) is 26.1 Å². The Kier molecular flexibility index (Phi) is 7.01. The summed E-state index contributed by atoms with van der Waals surface area (Å²) in [7, 11) is 2.93. The Hall–Kier alpha value is -4.13. The summed E-state index contributed by atoms with van der Waals surface area (Å²) in [5, 5.41) is 2.63. The van der Waals surface area contributed by atoms with Crippen LogP contribution < -0.4 is 14.8 Å². The minimum atomic E-state index is -0.707. The molecule has 0 aliphatic heterocycles. The third-order valence-corrected chi connectivity index (χ3v) is 4.40. The Balaban J connectivity index is 1.67. The van der Waals surface area contributed by atoms with E-state index >= 15 is 0 Å². The van der Waals surface area contributed by atoms with Gasteiger partial charge in [-0.3, -0.25) is 9.59 Å². The Labute approximate surface area is 179 Å². The number of nitrogens with one attached hydrogen (secondary N) is 1. The summed E-state index contributed by atoms with van der Waals surface area (Å²) in [5.74, 6) is -0.664. The highest BCUT2D eigenvalue weighted by Crippen LogP contribution is 2.23. The fraction of sp³-hybridized carbons (Fsp3) is 0.125. The molecule has 0 saturated carbocycles. The summed E-state index contributed by atoms with van der Waals surface area (Å²) in [4.78, 5) is 37.4. The number of amides is 1. The van der Waals surface area contributed by atoms with Gasteiger partial charge in [-0.05, 0) is 24.3 Å². The number of para-hydroxylation sites is 1. The second-order valence-corrected chi connectivity index (χ2v) is 6.47. The molecule has 7 heteroatoms. The SMILES string of the molecule is COc1cc(OC)cc(C(=O)OCC(=O)Nc2ccccc2C(=O)c2ccccc2)c1. The summed E-state index contributed by atoms with van der Waals surface area (Å²) in [6.07, 6.45) is 0. The van der Waals surface area contributed by atoms with Crippen LogP contribution in [0.4, 0.5) is 5.69 Å². The molecule has 3 rings (SSSR count). The van der Waals surface area contributed by atoms with E-state index in [0.717, 1.165) is 0 Å². The van der Waals surface area contributed by atoms with E-state index in [1.807, 2.05) is 6.07 Å². The lowest BCUT2D eigenvalue weighted by atomic mass is 10.0. The van der Waals surface area contributed by atoms with E-state index in [1.54, 1.807) is 54.6 Å². The van der Waals surface area contributed by atoms with Crippen LogP contribution >= 0.6 is 0 Å². The Morgan fingerprint density at radius 1 is 0.774 bits per heavy atom. The molecule has 3 aromatic carbocycles. The van der Waals surface area contributed by atoms with E-state index in [4.69, 9.17) is 14.2 Å². The molecule has 0 radical (unpaired) electrons. The number of ether oxygens (including phenoxy) is 3. The molecule has 1 N–H and O–H groups in total. The Morgan fingerprint density at radius 3 is 2.03 bits per heavy atom. The van der Waals surface area contributed by atoms with Gasteiger partial charge >= 0.3 is 5.97 Å². The predicted molar refractivity (Wildman–Crippen MR) is 115 cm³/mol. The first-order chi connectivity index (χ1) is 15.0. The van der Waals surface area contributed by atoms with E-state index in [1.165, 1.54) is 26.4 Å². The normalized spacial score (nSPS) is 10.1. The number of methoxy groups -OCH3 is 2. The van der Waals surface area contributed by atoms with Gasteiger partial charge in [-0.25, -0.2) is 4.79 Å². The number of esters is 1. The van der Waals surface area contributed by atoms with E-state index in [2.05, 4.69) is 5.32 Å². The zero-order valence-electron chi connectivity index (χ0n) is 17.1. The van der Waals surface area contributed by atoms with Gasteiger partial charge in [-0.2, -0.15) is 0 Å². The van der Waals surface area contributed by atoms with Crippen LogP contribution in [0.5, 0.6) is 11.5 Å². The molecule has 0 aliphatic rings. The van der Waals surface area contributed by atoms with E-state index in [0.29, 0.717) is 28.3 Å². The van der Waals surface area contributed by atoms with Gasteiger partial charge < -0.3 is 19.5 Å². The van der Waals surface area contributed by atoms with Crippen molar-refractivity contribution < 1.29 is 28.6 Å². The quantitative estimate of drug-likeness (QED) is 0.442. The highest BCUT2D eigenvalue weighted by Gasteiger charge is 2.17. The van der Waals surface area contributed by atoms with Crippen LogP contribution in [0.15, 0.2) is 72.8 Å². The maximum absolute atomic E-state index is 12.8. The van der Waals surface area contributed by atoms with Crippen LogP contribution in [0.2, 0.25) is 0 Å². The van der Waals surface area contributed by atoms with Gasteiger partial charge in [-0.1, -0.05) is 42.5 Å². The molecule has 0 unspecified atom stereocenters. The lowest BCUT2D eigenvalue weighted by Crippen LogP contribution is -2.22. The maximum Gasteiger partial charge on any atom is 0.338 e. The number of benzene rings is 3. The fourth-order valence-corrected chi connectivity index (χ4v) is 2.86. The first-order valence-corrected chi connectivity index (χ1v) is 9.40. The van der Waals surface area contributed by atoms with Crippen LogP contribution in [0.25, 0.3) is 0 Å². The minimum Gasteiger partial charge on any atom is -0.497 e. The van der Waals surface area contributed by atoms with Crippen molar-refractivity contribution in [2.24, 2.45) is 0 Å². The molecule has 7 nitrogen and oxygen atoms in total. The zero-order chi connectivity index (χ0) is 22.2. The number of anilines is 1. The molecule has 3 aromatic rings. The van der Waals surface area contributed by atoms with Gasteiger partial charge in [0.15, 0.2) is 12.4 Å². The summed E-state index contributed by atoms with van der Waals surface area (Å²) < 4.78 is 15.3. The van der Waals surface area contributed by atoms with Crippen molar-refractivity contribution in [3.05, 3.63) is 89.5 Å². The first-order valence-electron chi connectivity index (χ1n) is 9.40. The zero-order valence-corrected chi connectivity index (χ0v) is 17.1. The first kappa shape index (κ1) is 21.6. The topological polar surface area (TPSA) is 90.9 Å². The second-order valence-electron chi connectivity index (χ2n) is 6.47. The molecule has 0 heterocycles. The second kappa shape index (κ2) is 10.1. The van der Waals surface area contributed by atoms with Crippen LogP contribution in [-0.4, -0.2) is 38.5 Å². The van der Waals surface area contributed by atoms with E-state index in [-0.39, 0.29) is 11.3 Å². The average Bonchev–Trinajstić information content (AvgIpc) is 2.82. The third kappa shape index (κ3) is 5.48. The smallest absolute Gasteiger partial charge is 0.338 e. The van der Waals surface area contributed by atoms with Crippen molar-refractivity contribution >= 4 is 23.3 Å². The molecule has 0 aliphatic carbocycles. The van der Waals surface area contributed by atoms with Crippen LogP contribution in [-0.2, 0) is 9.53 Å². The number of hydrogen-bond acceptors (Lipinski definition) is 6. The summed E-state index contributed by atoms with van der Waals surface area (Å²) in [6, 6.07) is 20.0. The van der Waals surface area contributed by atoms with Gasteiger partial charge in [0.25, 0.3) is 5.91 Å². The Bertz CT molecular complexity index is 1070. The number of rotatable bonds is 8. The fourth-order valence-electron chi connectivity index (χ4n) is 2.86. The van der Waals surface area contributed by atoms with Gasteiger partial charge in [0, 0.05) is 17.2 Å². The number of carbonyl (C=O) groups is 3. The molecule has 158 valence electrons. The largest absolute Gasteiger partial charge is 0.497 e. The molecule has 31 heavy (non-hydrogen) atoms. The van der Waals surface area contributed by atoms with Crippen LogP contribution in [0, 0.1) is 0 Å². The van der Waals surface area contributed by atoms with E-state index < -0.39 is 18.5 Å². The van der Waals surface area contributed by atoms with Crippen molar-refractivity contribution in [1.82, 2.24) is 0 Å². The predicted octanol–water partition coefficient (Wildman–Crippen LogP) is 3.73. The molecule has 0 fully saturated rings. The highest BCUT2D eigenvalue weighted by atomic mass is 16.5. The standard InChI is InChI=1S/C24H21NO6/c1-29-18-12-17(13-19(14-18)30-2)24(28)31-15-22(26)25-21-11-7-6-10-20(21)23(27)16-8-4-3-5-9-16/h3-14H,15H2,1-2H3,(H,25,26). The van der Waals surface area contributed by atoms with Crippen molar-refractivity contribution in [3.63, 3.8) is 0 Å². The Morgan fingerprint density at radius 2 is 1.39 bits per heavy atom. The average molecular weight is 419 g/mol. The summed E-state index contributed by atoms with van der Waals surface area (Å²) in [5.41, 5.74) is 1.36. The molecule has 0 aromatic heterocycles. The number of hydrogen-bond donors (Lipinski definition) is 1. The number of ketones is 1. The molecule has 0 saturated heterocycles. The van der Waals surface area contributed by atoms with E-state index in [9.17, 15) is 14.4 Å². The molecule has 1 amide bonds. The molecular weight excluding hydrogens is 398 g/mol. The van der Waals surface area contributed by atoms with Crippen LogP contribution in [0.3, 0.4) is 0 Å². The summed E-state index contributed by atoms with van der Waals surface area (Å²) >= 11 is 0. The van der Waals surface area contributed by atoms with Gasteiger partial charge in [0.2, 0.25) is 0 Å². The lowest BCUT2D eigenvalue weighted by molar-refractivity contribution is -0.119. The van der Waals surface area contributed by atoms with Gasteiger partial charge in [0.05, 0.1) is 25.5 Å².